The van der Waals surface area contributed by atoms with E-state index in [1.54, 1.807) is 4.90 Å². The van der Waals surface area contributed by atoms with Gasteiger partial charge in [0.05, 0.1) is 17.1 Å². The third-order valence-corrected chi connectivity index (χ3v) is 6.22. The highest BCUT2D eigenvalue weighted by molar-refractivity contribution is 6.33. The van der Waals surface area contributed by atoms with Crippen LogP contribution in [0.3, 0.4) is 0 Å². The number of amides is 1. The summed E-state index contributed by atoms with van der Waals surface area (Å²) in [6.07, 6.45) is 2.37. The van der Waals surface area contributed by atoms with Crippen LogP contribution in [0.15, 0.2) is 24.3 Å². The molecule has 0 bridgehead atoms. The van der Waals surface area contributed by atoms with Crippen LogP contribution in [-0.4, -0.2) is 58.8 Å². The third-order valence-electron chi connectivity index (χ3n) is 5.90. The van der Waals surface area contributed by atoms with Crippen LogP contribution in [0.5, 0.6) is 0 Å². The Bertz CT molecular complexity index is 939. The smallest absolute Gasteiger partial charge is 0.258 e. The SMILES string of the molecule is Cc1cc(C(=O)CN2CCN(C(=O)c3c(F)cccc3Cl)CC2)c(C)n1C1CC1. The zero-order valence-corrected chi connectivity index (χ0v) is 17.5. The Balaban J connectivity index is 1.37. The number of hydrogen-bond acceptors (Lipinski definition) is 3. The van der Waals surface area contributed by atoms with E-state index >= 15 is 0 Å². The minimum Gasteiger partial charge on any atom is -0.345 e. The molecule has 1 aromatic carbocycles. The molecule has 0 atom stereocenters. The number of aromatic nitrogens is 1. The van der Waals surface area contributed by atoms with Crippen LogP contribution in [0.2, 0.25) is 5.02 Å². The average molecular weight is 418 g/mol. The molecule has 1 aromatic heterocycles. The molecule has 0 unspecified atom stereocenters. The van der Waals surface area contributed by atoms with E-state index < -0.39 is 11.7 Å². The van der Waals surface area contributed by atoms with Gasteiger partial charge in [-0.15, -0.1) is 0 Å². The van der Waals surface area contributed by atoms with Gasteiger partial charge in [0.1, 0.15) is 5.82 Å². The first-order valence-corrected chi connectivity index (χ1v) is 10.4. The normalized spacial score (nSPS) is 17.6. The predicted octanol–water partition coefficient (Wildman–Crippen LogP) is 3.87. The van der Waals surface area contributed by atoms with E-state index in [9.17, 15) is 14.0 Å². The molecule has 7 heteroatoms. The fourth-order valence-corrected chi connectivity index (χ4v) is 4.46. The lowest BCUT2D eigenvalue weighted by Gasteiger charge is -2.34. The van der Waals surface area contributed by atoms with Gasteiger partial charge in [0.2, 0.25) is 0 Å². The van der Waals surface area contributed by atoms with Crippen molar-refractivity contribution < 1.29 is 14.0 Å². The molecule has 1 saturated heterocycles. The van der Waals surface area contributed by atoms with Crippen molar-refractivity contribution in [3.8, 4) is 0 Å². The first-order valence-electron chi connectivity index (χ1n) is 10.0. The molecule has 0 radical (unpaired) electrons. The Morgan fingerprint density at radius 2 is 1.83 bits per heavy atom. The summed E-state index contributed by atoms with van der Waals surface area (Å²) in [4.78, 5) is 29.2. The second kappa shape index (κ2) is 7.92. The molecule has 2 aromatic rings. The van der Waals surface area contributed by atoms with E-state index in [1.165, 1.54) is 31.0 Å². The summed E-state index contributed by atoms with van der Waals surface area (Å²) in [6, 6.07) is 6.79. The van der Waals surface area contributed by atoms with Crippen molar-refractivity contribution in [2.75, 3.05) is 32.7 Å². The van der Waals surface area contributed by atoms with Gasteiger partial charge in [-0.25, -0.2) is 4.39 Å². The van der Waals surface area contributed by atoms with Crippen molar-refractivity contribution >= 4 is 23.3 Å². The summed E-state index contributed by atoms with van der Waals surface area (Å²) in [7, 11) is 0. The fraction of sp³-hybridized carbons (Fsp3) is 0.455. The number of rotatable bonds is 5. The molecule has 1 aliphatic heterocycles. The lowest BCUT2D eigenvalue weighted by Crippen LogP contribution is -2.50. The van der Waals surface area contributed by atoms with Crippen molar-refractivity contribution in [3.05, 3.63) is 57.6 Å². The molecule has 0 spiro atoms. The standard InChI is InChI=1S/C22H25ClFN3O2/c1-14-12-17(15(2)27(14)16-6-7-16)20(28)13-25-8-10-26(11-9-25)22(29)21-18(23)4-3-5-19(21)24/h3-5,12,16H,6-11,13H2,1-2H3. The van der Waals surface area contributed by atoms with Crippen LogP contribution in [0.1, 0.15) is 51.0 Å². The molecule has 4 rings (SSSR count). The molecular formula is C22H25ClFN3O2. The van der Waals surface area contributed by atoms with E-state index in [4.69, 9.17) is 11.6 Å². The highest BCUT2D eigenvalue weighted by Crippen LogP contribution is 2.38. The minimum atomic E-state index is -0.605. The number of carbonyl (C=O) groups excluding carboxylic acids is 2. The largest absolute Gasteiger partial charge is 0.345 e. The number of hydrogen-bond donors (Lipinski definition) is 0. The zero-order valence-electron chi connectivity index (χ0n) is 16.8. The number of halogens is 2. The number of ketones is 1. The van der Waals surface area contributed by atoms with Gasteiger partial charge in [0.15, 0.2) is 5.78 Å². The average Bonchev–Trinajstić information content (AvgIpc) is 3.46. The summed E-state index contributed by atoms with van der Waals surface area (Å²) in [5.41, 5.74) is 2.92. The van der Waals surface area contributed by atoms with Crippen LogP contribution in [0.4, 0.5) is 4.39 Å². The third kappa shape index (κ3) is 3.96. The molecule has 1 aliphatic carbocycles. The van der Waals surface area contributed by atoms with Gasteiger partial charge in [0.25, 0.3) is 5.91 Å². The molecule has 2 fully saturated rings. The Hall–Kier alpha value is -2.18. The van der Waals surface area contributed by atoms with Crippen LogP contribution in [0.25, 0.3) is 0 Å². The molecule has 154 valence electrons. The van der Waals surface area contributed by atoms with Crippen LogP contribution < -0.4 is 0 Å². The van der Waals surface area contributed by atoms with Gasteiger partial charge in [-0.2, -0.15) is 0 Å². The van der Waals surface area contributed by atoms with E-state index in [1.807, 2.05) is 13.0 Å². The first-order chi connectivity index (χ1) is 13.9. The molecule has 2 aliphatic rings. The maximum atomic E-state index is 14.0. The summed E-state index contributed by atoms with van der Waals surface area (Å²) in [5.74, 6) is -0.889. The quantitative estimate of drug-likeness (QED) is 0.694. The van der Waals surface area contributed by atoms with E-state index in [2.05, 4.69) is 16.4 Å². The number of Topliss-reactive ketones (excluding diaryl/α,β-unsaturated/α-hetero) is 1. The fourth-order valence-electron chi connectivity index (χ4n) is 4.21. The van der Waals surface area contributed by atoms with Crippen LogP contribution in [0, 0.1) is 19.7 Å². The van der Waals surface area contributed by atoms with Crippen molar-refractivity contribution in [1.82, 2.24) is 14.4 Å². The van der Waals surface area contributed by atoms with Gasteiger partial charge < -0.3 is 9.47 Å². The van der Waals surface area contributed by atoms with E-state index in [-0.39, 0.29) is 16.4 Å². The topological polar surface area (TPSA) is 45.6 Å². The van der Waals surface area contributed by atoms with Crippen molar-refractivity contribution in [2.45, 2.75) is 32.7 Å². The van der Waals surface area contributed by atoms with E-state index in [0.717, 1.165) is 17.0 Å². The molecule has 29 heavy (non-hydrogen) atoms. The van der Waals surface area contributed by atoms with Gasteiger partial charge in [-0.05, 0) is 44.9 Å². The van der Waals surface area contributed by atoms with Crippen LogP contribution >= 0.6 is 11.6 Å². The van der Waals surface area contributed by atoms with Gasteiger partial charge in [0, 0.05) is 49.2 Å². The van der Waals surface area contributed by atoms with Gasteiger partial charge in [-0.3, -0.25) is 14.5 Å². The van der Waals surface area contributed by atoms with Crippen molar-refractivity contribution in [3.63, 3.8) is 0 Å². The summed E-state index contributed by atoms with van der Waals surface area (Å²) < 4.78 is 16.3. The Morgan fingerprint density at radius 3 is 2.45 bits per heavy atom. The molecule has 5 nitrogen and oxygen atoms in total. The first kappa shape index (κ1) is 20.1. The molecule has 0 N–H and O–H groups in total. The highest BCUT2D eigenvalue weighted by atomic mass is 35.5. The number of aryl methyl sites for hydroxylation is 1. The predicted molar refractivity (Wildman–Crippen MR) is 110 cm³/mol. The van der Waals surface area contributed by atoms with E-state index in [0.29, 0.717) is 38.8 Å². The maximum absolute atomic E-state index is 14.0. The zero-order chi connectivity index (χ0) is 20.7. The lowest BCUT2D eigenvalue weighted by molar-refractivity contribution is 0.0620. The van der Waals surface area contributed by atoms with Gasteiger partial charge >= 0.3 is 0 Å². The Labute approximate surface area is 175 Å². The minimum absolute atomic E-state index is 0.0776. The maximum Gasteiger partial charge on any atom is 0.258 e. The number of nitrogens with zero attached hydrogens (tertiary/aromatic N) is 3. The second-order valence-corrected chi connectivity index (χ2v) is 8.38. The lowest BCUT2D eigenvalue weighted by atomic mass is 10.1. The van der Waals surface area contributed by atoms with Crippen molar-refractivity contribution in [1.29, 1.82) is 0 Å². The summed E-state index contributed by atoms with van der Waals surface area (Å²) in [6.45, 7) is 6.44. The number of piperazine rings is 1. The van der Waals surface area contributed by atoms with Gasteiger partial charge in [-0.1, -0.05) is 17.7 Å². The molecule has 1 saturated carbocycles. The Kier molecular flexibility index (Phi) is 5.49. The second-order valence-electron chi connectivity index (χ2n) is 7.97. The Morgan fingerprint density at radius 1 is 1.14 bits per heavy atom. The summed E-state index contributed by atoms with van der Waals surface area (Å²) in [5, 5.41) is 0.124. The summed E-state index contributed by atoms with van der Waals surface area (Å²) >= 11 is 6.02. The molecule has 2 heterocycles. The number of carbonyl (C=O) groups is 2. The van der Waals surface area contributed by atoms with Crippen LogP contribution in [-0.2, 0) is 0 Å². The monoisotopic (exact) mass is 417 g/mol. The van der Waals surface area contributed by atoms with Crippen molar-refractivity contribution in [2.24, 2.45) is 0 Å². The molecule has 1 amide bonds. The highest BCUT2D eigenvalue weighted by Gasteiger charge is 2.30. The number of benzene rings is 1. The molecular weight excluding hydrogens is 393 g/mol.